The van der Waals surface area contributed by atoms with Gasteiger partial charge in [0.1, 0.15) is 6.54 Å². The van der Waals surface area contributed by atoms with Crippen molar-refractivity contribution in [3.8, 4) is 12.3 Å². The van der Waals surface area contributed by atoms with Gasteiger partial charge in [-0.1, -0.05) is 12.8 Å². The Morgan fingerprint density at radius 2 is 2.24 bits per heavy atom. The van der Waals surface area contributed by atoms with Gasteiger partial charge in [-0.05, 0) is 18.8 Å². The summed E-state index contributed by atoms with van der Waals surface area (Å²) in [5.41, 5.74) is 0.786. The van der Waals surface area contributed by atoms with Gasteiger partial charge >= 0.3 is 0 Å². The highest BCUT2D eigenvalue weighted by Crippen LogP contribution is 2.20. The molecule has 1 aliphatic heterocycles. The second-order valence-corrected chi connectivity index (χ2v) is 4.58. The maximum Gasteiger partial charge on any atom is 0.269 e. The lowest BCUT2D eigenvalue weighted by atomic mass is 9.99. The highest BCUT2D eigenvalue weighted by molar-refractivity contribution is 5.43. The van der Waals surface area contributed by atoms with E-state index < -0.39 is 0 Å². The van der Waals surface area contributed by atoms with Crippen LogP contribution in [0, 0.1) is 18.3 Å². The van der Waals surface area contributed by atoms with E-state index in [1.807, 2.05) is 0 Å². The summed E-state index contributed by atoms with van der Waals surface area (Å²) in [6.45, 7) is 4.50. The van der Waals surface area contributed by atoms with Gasteiger partial charge < -0.3 is 4.90 Å². The van der Waals surface area contributed by atoms with Crippen molar-refractivity contribution < 1.29 is 0 Å². The molecule has 17 heavy (non-hydrogen) atoms. The van der Waals surface area contributed by atoms with Gasteiger partial charge in [-0.15, -0.1) is 6.42 Å². The molecule has 0 saturated carbocycles. The molecule has 1 aromatic rings. The summed E-state index contributed by atoms with van der Waals surface area (Å²) in [6.07, 6.45) is 9.24. The molecule has 1 fully saturated rings. The Morgan fingerprint density at radius 1 is 1.53 bits per heavy atom. The molecule has 1 aliphatic rings. The lowest BCUT2D eigenvalue weighted by molar-refractivity contribution is 0.437. The van der Waals surface area contributed by atoms with Crippen LogP contribution in [0.3, 0.4) is 0 Å². The summed E-state index contributed by atoms with van der Waals surface area (Å²) >= 11 is 0. The first-order chi connectivity index (χ1) is 8.20. The quantitative estimate of drug-likeness (QED) is 0.716. The fourth-order valence-electron chi connectivity index (χ4n) is 2.07. The standard InChI is InChI=1S/C13H17N3O/c1-3-6-16-13(17)9-12(10-14-16)15-7-4-11(2)5-8-15/h1,9-11H,4-8H2,2H3. The largest absolute Gasteiger partial charge is 0.370 e. The van der Waals surface area contributed by atoms with Crippen molar-refractivity contribution in [3.05, 3.63) is 22.6 Å². The van der Waals surface area contributed by atoms with Gasteiger partial charge in [0.2, 0.25) is 0 Å². The fourth-order valence-corrected chi connectivity index (χ4v) is 2.07. The normalized spacial score (nSPS) is 16.8. The lowest BCUT2D eigenvalue weighted by Gasteiger charge is -2.31. The lowest BCUT2D eigenvalue weighted by Crippen LogP contribution is -2.34. The van der Waals surface area contributed by atoms with Crippen molar-refractivity contribution in [2.24, 2.45) is 5.92 Å². The van der Waals surface area contributed by atoms with E-state index in [1.54, 1.807) is 12.3 Å². The Bertz CT molecular complexity index is 478. The van der Waals surface area contributed by atoms with Crippen molar-refractivity contribution in [1.29, 1.82) is 0 Å². The summed E-state index contributed by atoms with van der Waals surface area (Å²) in [5.74, 6) is 3.20. The van der Waals surface area contributed by atoms with E-state index in [2.05, 4.69) is 22.8 Å². The van der Waals surface area contributed by atoms with Crippen LogP contribution in [-0.4, -0.2) is 22.9 Å². The number of terminal acetylenes is 1. The van der Waals surface area contributed by atoms with Gasteiger partial charge in [-0.3, -0.25) is 4.79 Å². The Hall–Kier alpha value is -1.76. The summed E-state index contributed by atoms with van der Waals surface area (Å²) in [4.78, 5) is 13.9. The first kappa shape index (κ1) is 11.7. The zero-order valence-electron chi connectivity index (χ0n) is 10.1. The van der Waals surface area contributed by atoms with E-state index in [-0.39, 0.29) is 12.1 Å². The van der Waals surface area contributed by atoms with Crippen LogP contribution in [0.5, 0.6) is 0 Å². The first-order valence-corrected chi connectivity index (χ1v) is 5.96. The van der Waals surface area contributed by atoms with Gasteiger partial charge in [-0.25, -0.2) is 4.68 Å². The molecule has 0 N–H and O–H groups in total. The minimum atomic E-state index is -0.126. The minimum absolute atomic E-state index is 0.126. The number of hydrogen-bond donors (Lipinski definition) is 0. The van der Waals surface area contributed by atoms with Gasteiger partial charge in [0, 0.05) is 19.2 Å². The smallest absolute Gasteiger partial charge is 0.269 e. The number of aromatic nitrogens is 2. The molecule has 0 aliphatic carbocycles. The van der Waals surface area contributed by atoms with Gasteiger partial charge in [0.15, 0.2) is 0 Å². The van der Waals surface area contributed by atoms with Crippen LogP contribution in [0.25, 0.3) is 0 Å². The highest BCUT2D eigenvalue weighted by atomic mass is 16.1. The molecule has 1 aromatic heterocycles. The monoisotopic (exact) mass is 231 g/mol. The molecular formula is C13H17N3O. The van der Waals surface area contributed by atoms with Crippen LogP contribution >= 0.6 is 0 Å². The van der Waals surface area contributed by atoms with Crippen molar-refractivity contribution >= 4 is 5.69 Å². The Kier molecular flexibility index (Phi) is 3.48. The van der Waals surface area contributed by atoms with Crippen molar-refractivity contribution in [1.82, 2.24) is 9.78 Å². The van der Waals surface area contributed by atoms with Crippen LogP contribution < -0.4 is 10.5 Å². The van der Waals surface area contributed by atoms with Gasteiger partial charge in [-0.2, -0.15) is 5.10 Å². The van der Waals surface area contributed by atoms with Crippen molar-refractivity contribution in [2.75, 3.05) is 18.0 Å². The number of nitrogens with zero attached hydrogens (tertiary/aromatic N) is 3. The number of piperidine rings is 1. The molecule has 0 amide bonds. The van der Waals surface area contributed by atoms with E-state index in [4.69, 9.17) is 6.42 Å². The summed E-state index contributed by atoms with van der Waals surface area (Å²) < 4.78 is 1.30. The van der Waals surface area contributed by atoms with Crippen LogP contribution in [-0.2, 0) is 6.54 Å². The summed E-state index contributed by atoms with van der Waals surface area (Å²) in [5, 5.41) is 4.08. The highest BCUT2D eigenvalue weighted by Gasteiger charge is 2.16. The third-order valence-electron chi connectivity index (χ3n) is 3.24. The molecule has 1 saturated heterocycles. The number of rotatable bonds is 2. The minimum Gasteiger partial charge on any atom is -0.370 e. The number of hydrogen-bond acceptors (Lipinski definition) is 3. The molecule has 4 nitrogen and oxygen atoms in total. The second kappa shape index (κ2) is 5.05. The molecule has 0 spiro atoms. The average molecular weight is 231 g/mol. The molecule has 4 heteroatoms. The zero-order chi connectivity index (χ0) is 12.3. The molecule has 0 aromatic carbocycles. The van der Waals surface area contributed by atoms with E-state index in [1.165, 1.54) is 17.5 Å². The SMILES string of the molecule is C#CCn1ncc(N2CCC(C)CC2)cc1=O. The zero-order valence-corrected chi connectivity index (χ0v) is 10.1. The third-order valence-corrected chi connectivity index (χ3v) is 3.24. The Labute approximate surface area is 101 Å². The van der Waals surface area contributed by atoms with Crippen molar-refractivity contribution in [3.63, 3.8) is 0 Å². The maximum atomic E-state index is 11.7. The van der Waals surface area contributed by atoms with Crippen molar-refractivity contribution in [2.45, 2.75) is 26.3 Å². The molecule has 0 bridgehead atoms. The molecular weight excluding hydrogens is 214 g/mol. The van der Waals surface area contributed by atoms with Gasteiger partial charge in [0.25, 0.3) is 5.56 Å². The Morgan fingerprint density at radius 3 is 2.82 bits per heavy atom. The predicted octanol–water partition coefficient (Wildman–Crippen LogP) is 1.11. The molecule has 0 atom stereocenters. The average Bonchev–Trinajstić information content (AvgIpc) is 2.33. The van der Waals surface area contributed by atoms with E-state index in [0.29, 0.717) is 0 Å². The molecule has 2 heterocycles. The van der Waals surface area contributed by atoms with Crippen LogP contribution in [0.15, 0.2) is 17.1 Å². The first-order valence-electron chi connectivity index (χ1n) is 5.96. The fraction of sp³-hybridized carbons (Fsp3) is 0.538. The van der Waals surface area contributed by atoms with E-state index >= 15 is 0 Å². The second-order valence-electron chi connectivity index (χ2n) is 4.58. The maximum absolute atomic E-state index is 11.7. The molecule has 0 radical (unpaired) electrons. The van der Waals surface area contributed by atoms with E-state index in [0.717, 1.165) is 24.7 Å². The third kappa shape index (κ3) is 2.68. The summed E-state index contributed by atoms with van der Waals surface area (Å²) in [6, 6.07) is 1.63. The van der Waals surface area contributed by atoms with Gasteiger partial charge in [0.05, 0.1) is 11.9 Å². The molecule has 2 rings (SSSR count). The van der Waals surface area contributed by atoms with Crippen LogP contribution in [0.4, 0.5) is 5.69 Å². The van der Waals surface area contributed by atoms with Crippen LogP contribution in [0.1, 0.15) is 19.8 Å². The topological polar surface area (TPSA) is 38.1 Å². The Balaban J connectivity index is 2.15. The van der Waals surface area contributed by atoms with Crippen LogP contribution in [0.2, 0.25) is 0 Å². The molecule has 0 unspecified atom stereocenters. The molecule has 90 valence electrons. The summed E-state index contributed by atoms with van der Waals surface area (Å²) in [7, 11) is 0. The predicted molar refractivity (Wildman–Crippen MR) is 67.9 cm³/mol. The van der Waals surface area contributed by atoms with E-state index in [9.17, 15) is 4.79 Å². The number of anilines is 1.